The molecule has 176 valence electrons. The first-order chi connectivity index (χ1) is 17.6. The van der Waals surface area contributed by atoms with Gasteiger partial charge in [0, 0.05) is 40.7 Å². The fourth-order valence-electron chi connectivity index (χ4n) is 4.35. The molecule has 4 aromatic heterocycles. The van der Waals surface area contributed by atoms with Crippen LogP contribution in [0.5, 0.6) is 0 Å². The third-order valence-corrected chi connectivity index (χ3v) is 6.20. The zero-order chi connectivity index (χ0) is 24.6. The third kappa shape index (κ3) is 3.88. The number of benzene rings is 2. The molecule has 0 aliphatic carbocycles. The highest BCUT2D eigenvalue weighted by Crippen LogP contribution is 2.35. The Morgan fingerprint density at radius 2 is 1.67 bits per heavy atom. The minimum Gasteiger partial charge on any atom is -0.352 e. The topological polar surface area (TPSA) is 99.3 Å². The van der Waals surface area contributed by atoms with E-state index >= 15 is 0 Å². The van der Waals surface area contributed by atoms with Gasteiger partial charge in [-0.3, -0.25) is 19.9 Å². The Morgan fingerprint density at radius 3 is 2.50 bits per heavy atom. The fraction of sp³-hybridized carbons (Fsp3) is 0.0714. The number of hydrogen-bond acceptors (Lipinski definition) is 4. The van der Waals surface area contributed by atoms with E-state index in [0.29, 0.717) is 12.1 Å². The molecule has 0 saturated heterocycles. The molecular weight excluding hydrogens is 455 g/mol. The molecule has 0 bridgehead atoms. The van der Waals surface area contributed by atoms with Gasteiger partial charge in [0.2, 0.25) is 5.91 Å². The standard InChI is InChI=1S/C28H21FN6O/c1-2-27(36)32-20-9-18(12-30-13-20)17-5-8-24-22(10-17)28(35-34-24)25-11-21-23(14-31-15-26(21)33-25)16-3-6-19(29)7-4-16/h3-15,33H,2H2,1H3,(H,32,36)(H,34,35). The lowest BCUT2D eigenvalue weighted by atomic mass is 10.0. The summed E-state index contributed by atoms with van der Waals surface area (Å²) in [6.07, 6.45) is 7.36. The number of halogens is 1. The average molecular weight is 477 g/mol. The van der Waals surface area contributed by atoms with E-state index in [4.69, 9.17) is 0 Å². The van der Waals surface area contributed by atoms with Crippen LogP contribution < -0.4 is 5.32 Å². The molecule has 0 fully saturated rings. The highest BCUT2D eigenvalue weighted by atomic mass is 19.1. The molecule has 0 aliphatic rings. The second-order valence-corrected chi connectivity index (χ2v) is 8.53. The number of H-pyrrole nitrogens is 2. The van der Waals surface area contributed by atoms with Gasteiger partial charge < -0.3 is 10.3 Å². The molecule has 2 aromatic carbocycles. The summed E-state index contributed by atoms with van der Waals surface area (Å²) in [7, 11) is 0. The number of anilines is 1. The number of rotatable bonds is 5. The summed E-state index contributed by atoms with van der Waals surface area (Å²) in [6, 6.07) is 16.4. The summed E-state index contributed by atoms with van der Waals surface area (Å²) >= 11 is 0. The molecule has 36 heavy (non-hydrogen) atoms. The summed E-state index contributed by atoms with van der Waals surface area (Å²) < 4.78 is 13.4. The maximum Gasteiger partial charge on any atom is 0.224 e. The van der Waals surface area contributed by atoms with Crippen molar-refractivity contribution in [2.24, 2.45) is 0 Å². The minimum atomic E-state index is -0.277. The molecule has 0 spiro atoms. The first-order valence-corrected chi connectivity index (χ1v) is 11.6. The quantitative estimate of drug-likeness (QED) is 0.271. The van der Waals surface area contributed by atoms with Gasteiger partial charge in [0.25, 0.3) is 0 Å². The van der Waals surface area contributed by atoms with Crippen LogP contribution in [0.15, 0.2) is 79.4 Å². The lowest BCUT2D eigenvalue weighted by Crippen LogP contribution is -2.09. The van der Waals surface area contributed by atoms with Gasteiger partial charge in [0.15, 0.2) is 0 Å². The second-order valence-electron chi connectivity index (χ2n) is 8.53. The molecule has 0 atom stereocenters. The average Bonchev–Trinajstić information content (AvgIpc) is 3.53. The van der Waals surface area contributed by atoms with Crippen LogP contribution >= 0.6 is 0 Å². The number of aromatic nitrogens is 5. The van der Waals surface area contributed by atoms with Gasteiger partial charge in [-0.1, -0.05) is 25.1 Å². The summed E-state index contributed by atoms with van der Waals surface area (Å²) in [5.41, 5.74) is 7.67. The number of hydrogen-bond donors (Lipinski definition) is 3. The number of aromatic amines is 2. The van der Waals surface area contributed by atoms with Crippen LogP contribution in [-0.4, -0.2) is 31.1 Å². The monoisotopic (exact) mass is 476 g/mol. The molecule has 0 aliphatic heterocycles. The zero-order valence-electron chi connectivity index (χ0n) is 19.3. The van der Waals surface area contributed by atoms with E-state index in [1.54, 1.807) is 36.9 Å². The van der Waals surface area contributed by atoms with Crippen LogP contribution in [0.3, 0.4) is 0 Å². The molecular formula is C28H21FN6O. The SMILES string of the molecule is CCC(=O)Nc1cncc(-c2ccc3[nH]nc(-c4cc5c(-c6ccc(F)cc6)cncc5[nH]4)c3c2)c1. The number of carbonyl (C=O) groups is 1. The molecule has 8 heteroatoms. The maximum absolute atomic E-state index is 13.4. The van der Waals surface area contributed by atoms with Gasteiger partial charge >= 0.3 is 0 Å². The van der Waals surface area contributed by atoms with E-state index in [-0.39, 0.29) is 11.7 Å². The van der Waals surface area contributed by atoms with Crippen LogP contribution in [-0.2, 0) is 4.79 Å². The van der Waals surface area contributed by atoms with Crippen LogP contribution in [0.4, 0.5) is 10.1 Å². The van der Waals surface area contributed by atoms with Crippen LogP contribution in [0, 0.1) is 5.82 Å². The molecule has 0 radical (unpaired) electrons. The summed E-state index contributed by atoms with van der Waals surface area (Å²) in [5, 5.41) is 12.5. The largest absolute Gasteiger partial charge is 0.352 e. The van der Waals surface area contributed by atoms with Crippen molar-refractivity contribution < 1.29 is 9.18 Å². The molecule has 7 nitrogen and oxygen atoms in total. The van der Waals surface area contributed by atoms with E-state index in [1.165, 1.54) is 12.1 Å². The van der Waals surface area contributed by atoms with Crippen molar-refractivity contribution in [2.75, 3.05) is 5.32 Å². The highest BCUT2D eigenvalue weighted by molar-refractivity contribution is 6.01. The lowest BCUT2D eigenvalue weighted by molar-refractivity contribution is -0.115. The van der Waals surface area contributed by atoms with Crippen LogP contribution in [0.2, 0.25) is 0 Å². The fourth-order valence-corrected chi connectivity index (χ4v) is 4.35. The number of pyridine rings is 2. The molecule has 4 heterocycles. The molecule has 6 rings (SSSR count). The van der Waals surface area contributed by atoms with Crippen LogP contribution in [0.25, 0.3) is 55.4 Å². The van der Waals surface area contributed by atoms with Gasteiger partial charge in [-0.15, -0.1) is 0 Å². The van der Waals surface area contributed by atoms with Gasteiger partial charge in [0.1, 0.15) is 11.5 Å². The number of carbonyl (C=O) groups excluding carboxylic acids is 1. The van der Waals surface area contributed by atoms with Gasteiger partial charge in [-0.05, 0) is 47.5 Å². The van der Waals surface area contributed by atoms with Crippen LogP contribution in [0.1, 0.15) is 13.3 Å². The van der Waals surface area contributed by atoms with Crippen molar-refractivity contribution in [3.63, 3.8) is 0 Å². The Hall–Kier alpha value is -4.85. The first kappa shape index (κ1) is 21.7. The molecule has 6 aromatic rings. The first-order valence-electron chi connectivity index (χ1n) is 11.6. The van der Waals surface area contributed by atoms with E-state index in [9.17, 15) is 9.18 Å². The van der Waals surface area contributed by atoms with E-state index in [1.807, 2.05) is 31.2 Å². The van der Waals surface area contributed by atoms with Crippen molar-refractivity contribution in [3.8, 4) is 33.6 Å². The van der Waals surface area contributed by atoms with E-state index < -0.39 is 0 Å². The Labute approximate surface area is 205 Å². The summed E-state index contributed by atoms with van der Waals surface area (Å²) in [4.78, 5) is 23.9. The highest BCUT2D eigenvalue weighted by Gasteiger charge is 2.15. The Balaban J connectivity index is 1.42. The molecule has 3 N–H and O–H groups in total. The molecule has 0 saturated carbocycles. The number of nitrogens with one attached hydrogen (secondary N) is 3. The Kier molecular flexibility index (Phi) is 5.26. The Bertz CT molecular complexity index is 1740. The van der Waals surface area contributed by atoms with E-state index in [0.717, 1.165) is 55.4 Å². The minimum absolute atomic E-state index is 0.0603. The molecule has 0 unspecified atom stereocenters. The van der Waals surface area contributed by atoms with Crippen molar-refractivity contribution in [1.82, 2.24) is 25.1 Å². The number of amides is 1. The van der Waals surface area contributed by atoms with Crippen molar-refractivity contribution in [3.05, 3.63) is 85.2 Å². The van der Waals surface area contributed by atoms with E-state index in [2.05, 4.69) is 36.5 Å². The lowest BCUT2D eigenvalue weighted by Gasteiger charge is -2.06. The van der Waals surface area contributed by atoms with Crippen molar-refractivity contribution in [2.45, 2.75) is 13.3 Å². The predicted octanol–water partition coefficient (Wildman–Crippen LogP) is 6.32. The normalized spacial score (nSPS) is 11.3. The predicted molar refractivity (Wildman–Crippen MR) is 139 cm³/mol. The maximum atomic E-state index is 13.4. The van der Waals surface area contributed by atoms with Gasteiger partial charge in [0.05, 0.1) is 34.8 Å². The summed E-state index contributed by atoms with van der Waals surface area (Å²) in [5.74, 6) is -0.337. The second kappa shape index (κ2) is 8.74. The van der Waals surface area contributed by atoms with Gasteiger partial charge in [-0.25, -0.2) is 4.39 Å². The number of fused-ring (bicyclic) bond motifs is 2. The third-order valence-electron chi connectivity index (χ3n) is 6.20. The van der Waals surface area contributed by atoms with Crippen molar-refractivity contribution in [1.29, 1.82) is 0 Å². The smallest absolute Gasteiger partial charge is 0.224 e. The van der Waals surface area contributed by atoms with Crippen molar-refractivity contribution >= 4 is 33.4 Å². The zero-order valence-corrected chi connectivity index (χ0v) is 19.3. The van der Waals surface area contributed by atoms with Gasteiger partial charge in [-0.2, -0.15) is 5.10 Å². The number of nitrogens with zero attached hydrogens (tertiary/aromatic N) is 3. The summed E-state index contributed by atoms with van der Waals surface area (Å²) in [6.45, 7) is 1.81. The molecule has 1 amide bonds. The Morgan fingerprint density at radius 1 is 0.861 bits per heavy atom.